The number of aryl methyl sites for hydroxylation is 1. The van der Waals surface area contributed by atoms with Gasteiger partial charge in [-0.2, -0.15) is 0 Å². The minimum Gasteiger partial charge on any atom is -0.444 e. The molecule has 0 saturated carbocycles. The molecular weight excluding hydrogens is 352 g/mol. The highest BCUT2D eigenvalue weighted by Crippen LogP contribution is 2.33. The lowest BCUT2D eigenvalue weighted by atomic mass is 10.0. The summed E-state index contributed by atoms with van der Waals surface area (Å²) in [6.45, 7) is 6.17. The van der Waals surface area contributed by atoms with Crippen molar-refractivity contribution < 1.29 is 9.53 Å². The van der Waals surface area contributed by atoms with Crippen molar-refractivity contribution in [3.05, 3.63) is 48.4 Å². The van der Waals surface area contributed by atoms with Crippen molar-refractivity contribution in [2.24, 2.45) is 0 Å². The van der Waals surface area contributed by atoms with Gasteiger partial charge in [-0.05, 0) is 52.2 Å². The van der Waals surface area contributed by atoms with Crippen LogP contribution in [0.4, 0.5) is 10.5 Å². The van der Waals surface area contributed by atoms with Gasteiger partial charge in [-0.25, -0.2) is 4.79 Å². The van der Waals surface area contributed by atoms with E-state index < -0.39 is 5.60 Å². The summed E-state index contributed by atoms with van der Waals surface area (Å²) in [7, 11) is 0. The van der Waals surface area contributed by atoms with Crippen LogP contribution < -0.4 is 11.1 Å². The number of amides is 1. The lowest BCUT2D eigenvalue weighted by Crippen LogP contribution is -2.33. The molecule has 148 valence electrons. The summed E-state index contributed by atoms with van der Waals surface area (Å²) in [4.78, 5) is 19.4. The number of rotatable bonds is 6. The van der Waals surface area contributed by atoms with Gasteiger partial charge in [-0.3, -0.25) is 4.98 Å². The van der Waals surface area contributed by atoms with Crippen molar-refractivity contribution in [3.8, 4) is 11.1 Å². The molecule has 28 heavy (non-hydrogen) atoms. The van der Waals surface area contributed by atoms with Gasteiger partial charge in [-0.15, -0.1) is 0 Å². The first-order chi connectivity index (χ1) is 13.3. The maximum atomic E-state index is 11.6. The first kappa shape index (κ1) is 19.7. The fourth-order valence-corrected chi connectivity index (χ4v) is 3.15. The van der Waals surface area contributed by atoms with E-state index in [1.54, 1.807) is 6.20 Å². The van der Waals surface area contributed by atoms with Gasteiger partial charge in [0, 0.05) is 34.9 Å². The number of pyridine rings is 1. The van der Waals surface area contributed by atoms with E-state index >= 15 is 0 Å². The molecule has 6 nitrogen and oxygen atoms in total. The third-order valence-corrected chi connectivity index (χ3v) is 4.38. The molecule has 0 fully saturated rings. The van der Waals surface area contributed by atoms with E-state index in [0.717, 1.165) is 47.0 Å². The van der Waals surface area contributed by atoms with Crippen molar-refractivity contribution >= 4 is 22.7 Å². The smallest absolute Gasteiger partial charge is 0.407 e. The molecule has 0 aliphatic carbocycles. The molecular formula is C22H28N4O2. The molecule has 2 heterocycles. The van der Waals surface area contributed by atoms with E-state index in [4.69, 9.17) is 10.5 Å². The highest BCUT2D eigenvalue weighted by atomic mass is 16.6. The minimum atomic E-state index is -0.469. The fourth-order valence-electron chi connectivity index (χ4n) is 3.15. The zero-order valence-corrected chi connectivity index (χ0v) is 16.7. The Kier molecular flexibility index (Phi) is 5.87. The van der Waals surface area contributed by atoms with Gasteiger partial charge in [0.25, 0.3) is 0 Å². The average Bonchev–Trinajstić information content (AvgIpc) is 3.08. The lowest BCUT2D eigenvalue weighted by Gasteiger charge is -2.19. The normalized spacial score (nSPS) is 11.5. The highest BCUT2D eigenvalue weighted by molar-refractivity contribution is 5.99. The molecule has 1 amide bonds. The third-order valence-electron chi connectivity index (χ3n) is 4.38. The Morgan fingerprint density at radius 3 is 2.82 bits per heavy atom. The second-order valence-electron chi connectivity index (χ2n) is 7.91. The number of anilines is 1. The number of carbonyl (C=O) groups is 1. The Hall–Kier alpha value is -3.02. The molecule has 0 aliphatic rings. The summed E-state index contributed by atoms with van der Waals surface area (Å²) in [6.07, 6.45) is 6.09. The van der Waals surface area contributed by atoms with Gasteiger partial charge < -0.3 is 20.8 Å². The number of ether oxygens (including phenoxy) is 1. The van der Waals surface area contributed by atoms with Gasteiger partial charge in [0.15, 0.2) is 0 Å². The molecule has 0 atom stereocenters. The summed E-state index contributed by atoms with van der Waals surface area (Å²) in [5.41, 5.74) is 10.6. The average molecular weight is 380 g/mol. The van der Waals surface area contributed by atoms with Crippen LogP contribution in [0.2, 0.25) is 0 Å². The number of carbonyl (C=O) groups excluding carboxylic acids is 1. The number of nitrogens with two attached hydrogens (primary N) is 1. The number of hydrogen-bond donors (Lipinski definition) is 3. The van der Waals surface area contributed by atoms with E-state index in [1.807, 2.05) is 51.2 Å². The number of nitrogen functional groups attached to an aromatic ring is 1. The number of nitrogens with one attached hydrogen (secondary N) is 2. The number of benzene rings is 1. The zero-order chi connectivity index (χ0) is 20.1. The number of aromatic amines is 1. The number of hydrogen-bond acceptors (Lipinski definition) is 4. The molecule has 6 heteroatoms. The second kappa shape index (κ2) is 8.33. The topological polar surface area (TPSA) is 93.0 Å². The van der Waals surface area contributed by atoms with E-state index in [1.165, 1.54) is 0 Å². The first-order valence-electron chi connectivity index (χ1n) is 9.61. The number of H-pyrrole nitrogens is 1. The Morgan fingerprint density at radius 1 is 1.25 bits per heavy atom. The van der Waals surface area contributed by atoms with E-state index in [9.17, 15) is 4.79 Å². The van der Waals surface area contributed by atoms with Gasteiger partial charge in [0.05, 0.1) is 17.4 Å². The van der Waals surface area contributed by atoms with Crippen molar-refractivity contribution in [3.63, 3.8) is 0 Å². The van der Waals surface area contributed by atoms with Crippen LogP contribution in [-0.2, 0) is 11.2 Å². The Labute approximate surface area is 165 Å². The van der Waals surface area contributed by atoms with Crippen LogP contribution in [0.1, 0.15) is 39.3 Å². The van der Waals surface area contributed by atoms with E-state index in [-0.39, 0.29) is 6.09 Å². The number of aromatic nitrogens is 2. The molecule has 0 saturated heterocycles. The lowest BCUT2D eigenvalue weighted by molar-refractivity contribution is 0.0527. The van der Waals surface area contributed by atoms with Crippen molar-refractivity contribution in [2.75, 3.05) is 12.3 Å². The van der Waals surface area contributed by atoms with Crippen LogP contribution in [0.25, 0.3) is 22.0 Å². The van der Waals surface area contributed by atoms with E-state index in [0.29, 0.717) is 12.2 Å². The Bertz CT molecular complexity index is 957. The summed E-state index contributed by atoms with van der Waals surface area (Å²) in [5.74, 6) is 0. The largest absolute Gasteiger partial charge is 0.444 e. The van der Waals surface area contributed by atoms with Crippen LogP contribution in [0.15, 0.2) is 42.7 Å². The Balaban J connectivity index is 1.56. The molecule has 0 radical (unpaired) electrons. The molecule has 2 aromatic heterocycles. The quantitative estimate of drug-likeness (QED) is 0.542. The summed E-state index contributed by atoms with van der Waals surface area (Å²) < 4.78 is 5.23. The van der Waals surface area contributed by atoms with Crippen molar-refractivity contribution in [1.82, 2.24) is 15.3 Å². The first-order valence-corrected chi connectivity index (χ1v) is 9.61. The highest BCUT2D eigenvalue weighted by Gasteiger charge is 2.15. The van der Waals surface area contributed by atoms with E-state index in [2.05, 4.69) is 21.4 Å². The number of alkyl carbamates (subject to hydrolysis) is 1. The number of fused-ring (bicyclic) bond motifs is 1. The minimum absolute atomic E-state index is 0.366. The van der Waals surface area contributed by atoms with Crippen LogP contribution in [-0.4, -0.2) is 28.2 Å². The fraction of sp³-hybridized carbons (Fsp3) is 0.364. The molecule has 0 unspecified atom stereocenters. The summed E-state index contributed by atoms with van der Waals surface area (Å²) >= 11 is 0. The Morgan fingerprint density at radius 2 is 2.04 bits per heavy atom. The SMILES string of the molecule is CC(C)(C)OC(=O)NCCCCc1cc(-c2c(N)cnc3ccccc23)c[nH]1. The van der Waals surface area contributed by atoms with Crippen LogP contribution >= 0.6 is 0 Å². The maximum absolute atomic E-state index is 11.6. The monoisotopic (exact) mass is 380 g/mol. The molecule has 4 N–H and O–H groups in total. The molecule has 0 bridgehead atoms. The van der Waals surface area contributed by atoms with Crippen molar-refractivity contribution in [1.29, 1.82) is 0 Å². The molecule has 0 spiro atoms. The maximum Gasteiger partial charge on any atom is 0.407 e. The molecule has 3 aromatic rings. The zero-order valence-electron chi connectivity index (χ0n) is 16.7. The van der Waals surface area contributed by atoms with Crippen molar-refractivity contribution in [2.45, 2.75) is 45.6 Å². The van der Waals surface area contributed by atoms with Gasteiger partial charge >= 0.3 is 6.09 Å². The summed E-state index contributed by atoms with van der Waals surface area (Å²) in [5, 5.41) is 3.84. The van der Waals surface area contributed by atoms with Crippen LogP contribution in [0.5, 0.6) is 0 Å². The molecule has 3 rings (SSSR count). The summed E-state index contributed by atoms with van der Waals surface area (Å²) in [6, 6.07) is 10.1. The molecule has 1 aromatic carbocycles. The number of para-hydroxylation sites is 1. The predicted molar refractivity (Wildman–Crippen MR) is 113 cm³/mol. The predicted octanol–water partition coefficient (Wildman–Crippen LogP) is 4.66. The number of nitrogens with zero attached hydrogens (tertiary/aromatic N) is 1. The standard InChI is InChI=1S/C22H28N4O2/c1-22(2,3)28-21(27)24-11-7-6-8-16-12-15(13-25-16)20-17-9-4-5-10-19(17)26-14-18(20)23/h4-5,9-10,12-14,25H,6-8,11,23H2,1-3H3,(H,24,27). The molecule has 0 aliphatic heterocycles. The van der Waals surface area contributed by atoms with Gasteiger partial charge in [-0.1, -0.05) is 18.2 Å². The third kappa shape index (κ3) is 5.03. The van der Waals surface area contributed by atoms with Crippen LogP contribution in [0.3, 0.4) is 0 Å². The van der Waals surface area contributed by atoms with Crippen LogP contribution in [0, 0.1) is 0 Å². The number of unbranched alkanes of at least 4 members (excludes halogenated alkanes) is 1. The second-order valence-corrected chi connectivity index (χ2v) is 7.91. The van der Waals surface area contributed by atoms with Gasteiger partial charge in [0.1, 0.15) is 5.60 Å². The van der Waals surface area contributed by atoms with Gasteiger partial charge in [0.2, 0.25) is 0 Å².